The van der Waals surface area contributed by atoms with Gasteiger partial charge in [-0.15, -0.1) is 0 Å². The zero-order valence-electron chi connectivity index (χ0n) is 6.60. The van der Waals surface area contributed by atoms with E-state index in [1.807, 2.05) is 0 Å². The maximum atomic E-state index is 10.4. The van der Waals surface area contributed by atoms with E-state index < -0.39 is 10.3 Å². The van der Waals surface area contributed by atoms with E-state index >= 15 is 0 Å². The molecule has 0 radical (unpaired) electrons. The minimum Gasteiger partial charge on any atom is -0.352 e. The lowest BCUT2D eigenvalue weighted by Gasteiger charge is -2.01. The zero-order valence-corrected chi connectivity index (χ0v) is 7.41. The van der Waals surface area contributed by atoms with Crippen LogP contribution in [0.4, 0.5) is 0 Å². The maximum Gasteiger partial charge on any atom is 0.333 e. The molecule has 0 atom stereocenters. The third-order valence-corrected chi connectivity index (χ3v) is 1.87. The van der Waals surface area contributed by atoms with Gasteiger partial charge in [0.2, 0.25) is 0 Å². The van der Waals surface area contributed by atoms with Gasteiger partial charge in [0.15, 0.2) is 0 Å². The first-order chi connectivity index (χ1) is 5.49. The summed E-state index contributed by atoms with van der Waals surface area (Å²) < 4.78 is 26.9. The smallest absolute Gasteiger partial charge is 0.333 e. The fraction of sp³-hybridized carbons (Fsp3) is 0.333. The third kappa shape index (κ3) is 2.65. The summed E-state index contributed by atoms with van der Waals surface area (Å²) in [5, 5.41) is 4.64. The van der Waals surface area contributed by atoms with Crippen LogP contribution in [-0.4, -0.2) is 13.0 Å². The molecule has 0 spiro atoms. The summed E-state index contributed by atoms with van der Waals surface area (Å²) in [6, 6.07) is 3.55. The van der Waals surface area contributed by atoms with Crippen molar-refractivity contribution in [2.24, 2.45) is 12.2 Å². The van der Waals surface area contributed by atoms with Crippen LogP contribution in [0.15, 0.2) is 18.3 Å². The van der Waals surface area contributed by atoms with Crippen LogP contribution in [0, 0.1) is 0 Å². The van der Waals surface area contributed by atoms with Crippen LogP contribution < -0.4 is 5.14 Å². The summed E-state index contributed by atoms with van der Waals surface area (Å²) in [6.45, 7) is -0.0255. The average molecular weight is 190 g/mol. The Labute approximate surface area is 71.0 Å². The highest BCUT2D eigenvalue weighted by molar-refractivity contribution is 7.84. The Kier molecular flexibility index (Phi) is 2.51. The molecule has 0 aliphatic rings. The highest BCUT2D eigenvalue weighted by atomic mass is 32.2. The van der Waals surface area contributed by atoms with E-state index in [0.29, 0.717) is 0 Å². The molecule has 6 heteroatoms. The fourth-order valence-corrected chi connectivity index (χ4v) is 1.07. The van der Waals surface area contributed by atoms with Crippen LogP contribution >= 0.6 is 0 Å². The molecular weight excluding hydrogens is 180 g/mol. The Morgan fingerprint density at radius 3 is 2.75 bits per heavy atom. The molecule has 2 N–H and O–H groups in total. The van der Waals surface area contributed by atoms with Gasteiger partial charge in [0.1, 0.15) is 6.61 Å². The predicted molar refractivity (Wildman–Crippen MR) is 43.3 cm³/mol. The third-order valence-electron chi connectivity index (χ3n) is 1.42. The molecule has 0 saturated heterocycles. The van der Waals surface area contributed by atoms with E-state index in [0.717, 1.165) is 5.69 Å². The Morgan fingerprint density at radius 1 is 1.67 bits per heavy atom. The number of aromatic nitrogens is 1. The first kappa shape index (κ1) is 9.24. The summed E-state index contributed by atoms with van der Waals surface area (Å²) in [6.07, 6.45) is 1.79. The largest absolute Gasteiger partial charge is 0.352 e. The second-order valence-corrected chi connectivity index (χ2v) is 3.59. The van der Waals surface area contributed by atoms with Crippen molar-refractivity contribution in [1.82, 2.24) is 4.57 Å². The number of aryl methyl sites for hydroxylation is 1. The Hall–Kier alpha value is -0.850. The molecule has 0 aromatic carbocycles. The molecule has 1 heterocycles. The van der Waals surface area contributed by atoms with Gasteiger partial charge >= 0.3 is 10.3 Å². The summed E-state index contributed by atoms with van der Waals surface area (Å²) in [5.41, 5.74) is 0.754. The molecule has 0 bridgehead atoms. The molecular formula is C6H10N2O3S. The molecule has 0 aliphatic heterocycles. The second kappa shape index (κ2) is 3.26. The summed E-state index contributed by atoms with van der Waals surface area (Å²) >= 11 is 0. The number of hydrogen-bond donors (Lipinski definition) is 1. The van der Waals surface area contributed by atoms with Gasteiger partial charge in [-0.1, -0.05) is 0 Å². The molecule has 0 amide bonds. The van der Waals surface area contributed by atoms with Crippen LogP contribution in [0.2, 0.25) is 0 Å². The SMILES string of the molecule is Cn1cccc1COS(N)(=O)=O. The quantitative estimate of drug-likeness (QED) is 0.713. The van der Waals surface area contributed by atoms with Crippen molar-refractivity contribution < 1.29 is 12.6 Å². The highest BCUT2D eigenvalue weighted by Crippen LogP contribution is 2.02. The minimum absolute atomic E-state index is 0.0255. The number of nitrogens with zero attached hydrogens (tertiary/aromatic N) is 1. The van der Waals surface area contributed by atoms with Crippen LogP contribution in [-0.2, 0) is 28.1 Å². The van der Waals surface area contributed by atoms with Gasteiger partial charge in [-0.3, -0.25) is 4.18 Å². The molecule has 5 nitrogen and oxygen atoms in total. The number of rotatable bonds is 3. The van der Waals surface area contributed by atoms with Crippen LogP contribution in [0.1, 0.15) is 5.69 Å². The van der Waals surface area contributed by atoms with Crippen molar-refractivity contribution in [3.05, 3.63) is 24.0 Å². The summed E-state index contributed by atoms with van der Waals surface area (Å²) in [4.78, 5) is 0. The van der Waals surface area contributed by atoms with Crippen molar-refractivity contribution in [2.75, 3.05) is 0 Å². The van der Waals surface area contributed by atoms with Crippen molar-refractivity contribution in [2.45, 2.75) is 6.61 Å². The molecule has 0 unspecified atom stereocenters. The van der Waals surface area contributed by atoms with Crippen molar-refractivity contribution in [3.8, 4) is 0 Å². The zero-order chi connectivity index (χ0) is 9.19. The predicted octanol–water partition coefficient (Wildman–Crippen LogP) is -0.255. The average Bonchev–Trinajstić information content (AvgIpc) is 2.29. The van der Waals surface area contributed by atoms with Gasteiger partial charge < -0.3 is 4.57 Å². The Morgan fingerprint density at radius 2 is 2.33 bits per heavy atom. The van der Waals surface area contributed by atoms with Crippen molar-refractivity contribution in [3.63, 3.8) is 0 Å². The molecule has 0 aliphatic carbocycles. The maximum absolute atomic E-state index is 10.4. The molecule has 0 saturated carbocycles. The minimum atomic E-state index is -3.83. The lowest BCUT2D eigenvalue weighted by Crippen LogP contribution is -2.16. The Bertz CT molecular complexity index is 355. The Balaban J connectivity index is 2.61. The van der Waals surface area contributed by atoms with E-state index in [2.05, 4.69) is 9.32 Å². The van der Waals surface area contributed by atoms with E-state index in [9.17, 15) is 8.42 Å². The van der Waals surface area contributed by atoms with E-state index in [-0.39, 0.29) is 6.61 Å². The second-order valence-electron chi connectivity index (χ2n) is 2.37. The van der Waals surface area contributed by atoms with Crippen LogP contribution in [0.5, 0.6) is 0 Å². The molecule has 1 aromatic heterocycles. The number of nitrogens with two attached hydrogens (primary N) is 1. The monoisotopic (exact) mass is 190 g/mol. The summed E-state index contributed by atoms with van der Waals surface area (Å²) in [5.74, 6) is 0. The van der Waals surface area contributed by atoms with Gasteiger partial charge in [0.05, 0.1) is 0 Å². The van der Waals surface area contributed by atoms with Gasteiger partial charge in [0, 0.05) is 18.9 Å². The molecule has 1 rings (SSSR count). The highest BCUT2D eigenvalue weighted by Gasteiger charge is 2.04. The van der Waals surface area contributed by atoms with Crippen LogP contribution in [0.25, 0.3) is 0 Å². The summed E-state index contributed by atoms with van der Waals surface area (Å²) in [7, 11) is -2.04. The topological polar surface area (TPSA) is 74.3 Å². The lowest BCUT2D eigenvalue weighted by atomic mass is 10.5. The van der Waals surface area contributed by atoms with Gasteiger partial charge in [-0.2, -0.15) is 8.42 Å². The van der Waals surface area contributed by atoms with Gasteiger partial charge in [-0.25, -0.2) is 5.14 Å². The fourth-order valence-electron chi connectivity index (χ4n) is 0.789. The van der Waals surface area contributed by atoms with Crippen molar-refractivity contribution in [1.29, 1.82) is 0 Å². The number of hydrogen-bond acceptors (Lipinski definition) is 3. The van der Waals surface area contributed by atoms with E-state index in [1.165, 1.54) is 0 Å². The van der Waals surface area contributed by atoms with E-state index in [4.69, 9.17) is 0 Å². The first-order valence-corrected chi connectivity index (χ1v) is 4.73. The molecule has 0 fully saturated rings. The van der Waals surface area contributed by atoms with Gasteiger partial charge in [-0.05, 0) is 12.1 Å². The van der Waals surface area contributed by atoms with E-state index in [1.54, 1.807) is 29.9 Å². The first-order valence-electron chi connectivity index (χ1n) is 3.26. The normalized spacial score (nSPS) is 11.8. The van der Waals surface area contributed by atoms with Crippen LogP contribution in [0.3, 0.4) is 0 Å². The molecule has 1 aromatic rings. The van der Waals surface area contributed by atoms with Crippen molar-refractivity contribution >= 4 is 10.3 Å². The molecule has 68 valence electrons. The lowest BCUT2D eigenvalue weighted by molar-refractivity contribution is 0.300. The standard InChI is InChI=1S/C6H10N2O3S/c1-8-4-2-3-6(8)5-11-12(7,9)10/h2-4H,5H2,1H3,(H2,7,9,10). The molecule has 12 heavy (non-hydrogen) atoms. The van der Waals surface area contributed by atoms with Gasteiger partial charge in [0.25, 0.3) is 0 Å².